The molecule has 3 heteroatoms. The molecule has 1 aromatic rings. The van der Waals surface area contributed by atoms with Crippen LogP contribution >= 0.6 is 0 Å². The van der Waals surface area contributed by atoms with Crippen molar-refractivity contribution in [1.29, 1.82) is 0 Å². The molecule has 0 aromatic heterocycles. The lowest BCUT2D eigenvalue weighted by atomic mass is 9.94. The maximum atomic E-state index is 5.93. The minimum Gasteiger partial charge on any atom is -0.490 e. The average molecular weight is 305 g/mol. The molecule has 0 saturated carbocycles. The van der Waals surface area contributed by atoms with Gasteiger partial charge in [0.2, 0.25) is 0 Å². The Labute approximate surface area is 135 Å². The van der Waals surface area contributed by atoms with E-state index in [0.29, 0.717) is 6.61 Å². The first kappa shape index (κ1) is 17.1. The second kappa shape index (κ2) is 9.73. The van der Waals surface area contributed by atoms with Gasteiger partial charge in [-0.15, -0.1) is 0 Å². The lowest BCUT2D eigenvalue weighted by molar-refractivity contribution is 0.269. The highest BCUT2D eigenvalue weighted by Crippen LogP contribution is 2.30. The minimum absolute atomic E-state index is 0.682. The number of ether oxygens (including phenoxy) is 2. The van der Waals surface area contributed by atoms with E-state index in [2.05, 4.69) is 30.4 Å². The highest BCUT2D eigenvalue weighted by atomic mass is 16.5. The zero-order valence-corrected chi connectivity index (χ0v) is 14.2. The highest BCUT2D eigenvalue weighted by Gasteiger charge is 2.17. The summed E-state index contributed by atoms with van der Waals surface area (Å²) in [6, 6.07) is 6.43. The standard InChI is InChI=1S/C19H31NO2/c1-3-5-6-7-8-11-22-18-10-9-16(12-17-14-20-15-17)13-19(18)21-4-2/h9-10,13,17,20H,3-8,11-12,14-15H2,1-2H3. The van der Waals surface area contributed by atoms with Crippen LogP contribution in [0.15, 0.2) is 18.2 Å². The van der Waals surface area contributed by atoms with Crippen LogP contribution in [0.2, 0.25) is 0 Å². The van der Waals surface area contributed by atoms with Crippen LogP contribution in [0.5, 0.6) is 11.5 Å². The van der Waals surface area contributed by atoms with Gasteiger partial charge in [-0.3, -0.25) is 0 Å². The Morgan fingerprint density at radius 2 is 1.82 bits per heavy atom. The third kappa shape index (κ3) is 5.53. The molecule has 3 nitrogen and oxygen atoms in total. The van der Waals surface area contributed by atoms with E-state index in [1.807, 2.05) is 6.92 Å². The fourth-order valence-corrected chi connectivity index (χ4v) is 2.78. The van der Waals surface area contributed by atoms with Crippen molar-refractivity contribution >= 4 is 0 Å². The topological polar surface area (TPSA) is 30.5 Å². The Bertz CT molecular complexity index is 429. The molecule has 1 fully saturated rings. The summed E-state index contributed by atoms with van der Waals surface area (Å²) in [4.78, 5) is 0. The Balaban J connectivity index is 1.82. The van der Waals surface area contributed by atoms with E-state index < -0.39 is 0 Å². The number of nitrogens with one attached hydrogen (secondary N) is 1. The molecule has 0 radical (unpaired) electrons. The average Bonchev–Trinajstić information content (AvgIpc) is 2.48. The number of rotatable bonds is 11. The van der Waals surface area contributed by atoms with Crippen molar-refractivity contribution in [3.63, 3.8) is 0 Å². The molecule has 1 saturated heterocycles. The molecule has 0 bridgehead atoms. The maximum absolute atomic E-state index is 5.93. The molecule has 0 unspecified atom stereocenters. The van der Waals surface area contributed by atoms with Gasteiger partial charge in [-0.1, -0.05) is 38.7 Å². The lowest BCUT2D eigenvalue weighted by Crippen LogP contribution is -2.43. The summed E-state index contributed by atoms with van der Waals surface area (Å²) in [6.45, 7) is 8.01. The number of benzene rings is 1. The Hall–Kier alpha value is -1.22. The van der Waals surface area contributed by atoms with Gasteiger partial charge in [-0.05, 0) is 56.5 Å². The van der Waals surface area contributed by atoms with Crippen molar-refractivity contribution in [3.05, 3.63) is 23.8 Å². The van der Waals surface area contributed by atoms with E-state index in [1.165, 1.54) is 31.2 Å². The van der Waals surface area contributed by atoms with E-state index in [4.69, 9.17) is 9.47 Å². The predicted octanol–water partition coefficient (Wildman–Crippen LogP) is 4.20. The van der Waals surface area contributed by atoms with Gasteiger partial charge in [0.05, 0.1) is 13.2 Å². The molecule has 124 valence electrons. The third-order valence-electron chi connectivity index (χ3n) is 4.20. The van der Waals surface area contributed by atoms with Gasteiger partial charge < -0.3 is 14.8 Å². The van der Waals surface area contributed by atoms with Crippen LogP contribution in [0.1, 0.15) is 51.5 Å². The van der Waals surface area contributed by atoms with E-state index in [0.717, 1.165) is 50.0 Å². The molecular formula is C19H31NO2. The van der Waals surface area contributed by atoms with Crippen LogP contribution in [0.3, 0.4) is 0 Å². The molecule has 22 heavy (non-hydrogen) atoms. The van der Waals surface area contributed by atoms with Crippen LogP contribution in [0.4, 0.5) is 0 Å². The van der Waals surface area contributed by atoms with Gasteiger partial charge in [-0.25, -0.2) is 0 Å². The Morgan fingerprint density at radius 3 is 2.50 bits per heavy atom. The molecule has 1 aliphatic heterocycles. The van der Waals surface area contributed by atoms with Crippen molar-refractivity contribution < 1.29 is 9.47 Å². The lowest BCUT2D eigenvalue weighted by Gasteiger charge is -2.27. The van der Waals surface area contributed by atoms with Crippen LogP contribution in [-0.2, 0) is 6.42 Å². The summed E-state index contributed by atoms with van der Waals surface area (Å²) in [5.41, 5.74) is 1.35. The first-order valence-electron chi connectivity index (χ1n) is 8.92. The molecule has 0 spiro atoms. The van der Waals surface area contributed by atoms with Gasteiger partial charge in [-0.2, -0.15) is 0 Å². The monoisotopic (exact) mass is 305 g/mol. The molecule has 0 aliphatic carbocycles. The summed E-state index contributed by atoms with van der Waals surface area (Å²) in [6.07, 6.45) is 7.44. The second-order valence-electron chi connectivity index (χ2n) is 6.21. The first-order chi connectivity index (χ1) is 10.8. The Morgan fingerprint density at radius 1 is 1.00 bits per heavy atom. The molecule has 0 amide bonds. The number of hydrogen-bond donors (Lipinski definition) is 1. The molecule has 0 atom stereocenters. The normalized spacial score (nSPS) is 14.6. The van der Waals surface area contributed by atoms with Gasteiger partial charge in [0, 0.05) is 0 Å². The zero-order chi connectivity index (χ0) is 15.6. The molecular weight excluding hydrogens is 274 g/mol. The fourth-order valence-electron chi connectivity index (χ4n) is 2.78. The van der Waals surface area contributed by atoms with Gasteiger partial charge >= 0.3 is 0 Å². The molecule has 1 N–H and O–H groups in total. The highest BCUT2D eigenvalue weighted by molar-refractivity contribution is 5.43. The largest absolute Gasteiger partial charge is 0.490 e. The quantitative estimate of drug-likeness (QED) is 0.622. The SMILES string of the molecule is CCCCCCCOc1ccc(CC2CNC2)cc1OCC. The van der Waals surface area contributed by atoms with Crippen LogP contribution in [0.25, 0.3) is 0 Å². The predicted molar refractivity (Wildman–Crippen MR) is 91.9 cm³/mol. The summed E-state index contributed by atoms with van der Waals surface area (Å²) < 4.78 is 11.7. The molecule has 2 rings (SSSR count). The number of unbranched alkanes of at least 4 members (excludes halogenated alkanes) is 4. The molecule has 1 heterocycles. The fraction of sp³-hybridized carbons (Fsp3) is 0.684. The zero-order valence-electron chi connectivity index (χ0n) is 14.2. The molecule has 1 aliphatic rings. The first-order valence-corrected chi connectivity index (χ1v) is 8.92. The maximum Gasteiger partial charge on any atom is 0.161 e. The van der Waals surface area contributed by atoms with Gasteiger partial charge in [0.15, 0.2) is 11.5 Å². The van der Waals surface area contributed by atoms with Crippen LogP contribution in [0, 0.1) is 5.92 Å². The van der Waals surface area contributed by atoms with E-state index in [-0.39, 0.29) is 0 Å². The van der Waals surface area contributed by atoms with Crippen molar-refractivity contribution in [1.82, 2.24) is 5.32 Å². The summed E-state index contributed by atoms with van der Waals surface area (Å²) in [5, 5.41) is 3.33. The van der Waals surface area contributed by atoms with Gasteiger partial charge in [0.1, 0.15) is 0 Å². The second-order valence-corrected chi connectivity index (χ2v) is 6.21. The van der Waals surface area contributed by atoms with E-state index in [9.17, 15) is 0 Å². The van der Waals surface area contributed by atoms with Crippen molar-refractivity contribution in [3.8, 4) is 11.5 Å². The number of hydrogen-bond acceptors (Lipinski definition) is 3. The van der Waals surface area contributed by atoms with Crippen molar-refractivity contribution in [2.45, 2.75) is 52.4 Å². The Kier molecular flexibility index (Phi) is 7.58. The summed E-state index contributed by atoms with van der Waals surface area (Å²) in [7, 11) is 0. The smallest absolute Gasteiger partial charge is 0.161 e. The van der Waals surface area contributed by atoms with E-state index in [1.54, 1.807) is 0 Å². The third-order valence-corrected chi connectivity index (χ3v) is 4.20. The molecule has 1 aromatic carbocycles. The van der Waals surface area contributed by atoms with E-state index >= 15 is 0 Å². The van der Waals surface area contributed by atoms with Crippen LogP contribution in [-0.4, -0.2) is 26.3 Å². The van der Waals surface area contributed by atoms with Gasteiger partial charge in [0.25, 0.3) is 0 Å². The van der Waals surface area contributed by atoms with Crippen molar-refractivity contribution in [2.75, 3.05) is 26.3 Å². The van der Waals surface area contributed by atoms with Crippen molar-refractivity contribution in [2.24, 2.45) is 5.92 Å². The summed E-state index contributed by atoms with van der Waals surface area (Å²) >= 11 is 0. The summed E-state index contributed by atoms with van der Waals surface area (Å²) in [5.74, 6) is 2.58. The minimum atomic E-state index is 0.682. The van der Waals surface area contributed by atoms with Crippen LogP contribution < -0.4 is 14.8 Å².